The summed E-state index contributed by atoms with van der Waals surface area (Å²) in [5.41, 5.74) is 6.46. The van der Waals surface area contributed by atoms with E-state index in [1.165, 1.54) is 5.34 Å². The largest absolute Gasteiger partial charge is 0.384 e. The van der Waals surface area contributed by atoms with Crippen LogP contribution in [0.1, 0.15) is 0 Å². The van der Waals surface area contributed by atoms with E-state index in [1.54, 1.807) is 0 Å². The van der Waals surface area contributed by atoms with Crippen molar-refractivity contribution < 1.29 is 5.21 Å². The van der Waals surface area contributed by atoms with Gasteiger partial charge in [0, 0.05) is 5.39 Å². The molecule has 1 aromatic carbocycles. The van der Waals surface area contributed by atoms with Gasteiger partial charge in [-0.15, -0.1) is 4.91 Å². The van der Waals surface area contributed by atoms with E-state index >= 15 is 0 Å². The zero-order chi connectivity index (χ0) is 10.4. The van der Waals surface area contributed by atoms with Crippen LogP contribution in [0.4, 0.5) is 5.82 Å². The van der Waals surface area contributed by atoms with Crippen LogP contribution in [0, 0.1) is 4.91 Å². The van der Waals surface area contributed by atoms with E-state index in [-0.39, 0.29) is 0 Å². The second kappa shape index (κ2) is 4.76. The Morgan fingerprint density at radius 3 is 2.57 bits per heavy atom. The lowest BCUT2D eigenvalue weighted by Gasteiger charge is -1.95. The lowest BCUT2D eigenvalue weighted by atomic mass is 10.2. The van der Waals surface area contributed by atoms with Crippen LogP contribution in [-0.4, -0.2) is 10.2 Å². The fourth-order valence-corrected chi connectivity index (χ4v) is 1.08. The number of anilines is 1. The third-order valence-electron chi connectivity index (χ3n) is 1.62. The van der Waals surface area contributed by atoms with Crippen molar-refractivity contribution in [2.24, 2.45) is 5.34 Å². The molecule has 0 aliphatic rings. The topological polar surface area (TPSA) is 88.6 Å². The predicted molar refractivity (Wildman–Crippen MR) is 53.7 cm³/mol. The number of pyridine rings is 1. The second-order valence-electron chi connectivity index (χ2n) is 2.51. The predicted octanol–water partition coefficient (Wildman–Crippen LogP) is 1.96. The summed E-state index contributed by atoms with van der Waals surface area (Å²) >= 11 is 0. The number of nitrogens with two attached hydrogens (primary N) is 1. The molecule has 0 radical (unpaired) electrons. The van der Waals surface area contributed by atoms with Gasteiger partial charge in [0.1, 0.15) is 5.82 Å². The van der Waals surface area contributed by atoms with E-state index in [0.717, 1.165) is 10.9 Å². The van der Waals surface area contributed by atoms with Crippen LogP contribution in [0.5, 0.6) is 0 Å². The molecule has 72 valence electrons. The zero-order valence-corrected chi connectivity index (χ0v) is 7.29. The molecular weight excluding hydrogens is 182 g/mol. The van der Waals surface area contributed by atoms with Crippen molar-refractivity contribution in [1.82, 2.24) is 4.98 Å². The summed E-state index contributed by atoms with van der Waals surface area (Å²) < 4.78 is 0. The van der Waals surface area contributed by atoms with Gasteiger partial charge >= 0.3 is 0 Å². The molecule has 0 saturated heterocycles. The number of nitrogens with zero attached hydrogens (tertiary/aromatic N) is 2. The quantitative estimate of drug-likeness (QED) is 0.492. The molecule has 5 heteroatoms. The number of nitrogen functional groups attached to an aromatic ring is 1. The first-order valence-corrected chi connectivity index (χ1v) is 3.86. The first-order valence-electron chi connectivity index (χ1n) is 3.86. The Hall–Kier alpha value is -2.17. The molecule has 1 heterocycles. The summed E-state index contributed by atoms with van der Waals surface area (Å²) in [5, 5.41) is 9.02. The molecule has 1 aromatic heterocycles. The Balaban J connectivity index is 0.000000293. The number of benzene rings is 1. The third kappa shape index (κ3) is 2.41. The number of para-hydroxylation sites is 1. The molecule has 0 aliphatic heterocycles. The molecule has 2 rings (SSSR count). The second-order valence-corrected chi connectivity index (χ2v) is 2.51. The van der Waals surface area contributed by atoms with Gasteiger partial charge in [-0.3, -0.25) is 0 Å². The van der Waals surface area contributed by atoms with E-state index < -0.39 is 0 Å². The van der Waals surface area contributed by atoms with E-state index in [2.05, 4.69) is 4.98 Å². The van der Waals surface area contributed by atoms with Gasteiger partial charge in [-0.25, -0.2) is 4.98 Å². The SMILES string of the molecule is Nc1ccc2ccccc2n1.O=NO. The van der Waals surface area contributed by atoms with Gasteiger partial charge in [0.2, 0.25) is 0 Å². The molecule has 0 atom stereocenters. The van der Waals surface area contributed by atoms with Gasteiger partial charge in [-0.2, -0.15) is 0 Å². The lowest BCUT2D eigenvalue weighted by Crippen LogP contribution is -1.88. The van der Waals surface area contributed by atoms with Gasteiger partial charge in [-0.05, 0) is 18.2 Å². The minimum atomic E-state index is 0.573. The fraction of sp³-hybridized carbons (Fsp3) is 0. The Morgan fingerprint density at radius 2 is 1.86 bits per heavy atom. The maximum absolute atomic E-state index is 8.11. The molecule has 5 nitrogen and oxygen atoms in total. The van der Waals surface area contributed by atoms with Crippen LogP contribution >= 0.6 is 0 Å². The standard InChI is InChI=1S/C9H8N2.HNO2/c10-9-6-5-7-3-1-2-4-8(7)11-9;2-1-3/h1-6H,(H2,10,11);(H,2,3). The summed E-state index contributed by atoms with van der Waals surface area (Å²) in [6.07, 6.45) is 0. The summed E-state index contributed by atoms with van der Waals surface area (Å²) in [5.74, 6) is 0.573. The fourth-order valence-electron chi connectivity index (χ4n) is 1.08. The van der Waals surface area contributed by atoms with Gasteiger partial charge < -0.3 is 10.9 Å². The molecule has 0 amide bonds. The maximum atomic E-state index is 8.11. The van der Waals surface area contributed by atoms with Crippen LogP contribution in [0.2, 0.25) is 0 Å². The molecule has 0 unspecified atom stereocenters. The molecule has 3 N–H and O–H groups in total. The van der Waals surface area contributed by atoms with Crippen LogP contribution in [0.25, 0.3) is 10.9 Å². The Kier molecular flexibility index (Phi) is 3.37. The average molecular weight is 191 g/mol. The minimum absolute atomic E-state index is 0.573. The lowest BCUT2D eigenvalue weighted by molar-refractivity contribution is 0.312. The van der Waals surface area contributed by atoms with Crippen molar-refractivity contribution >= 4 is 16.7 Å². The van der Waals surface area contributed by atoms with Crippen molar-refractivity contribution in [3.63, 3.8) is 0 Å². The molecular formula is C9H9N3O2. The Labute approximate surface area is 80.1 Å². The number of hydrogen-bond donors (Lipinski definition) is 2. The molecule has 0 saturated carbocycles. The Bertz CT molecular complexity index is 431. The highest BCUT2D eigenvalue weighted by Gasteiger charge is 1.91. The van der Waals surface area contributed by atoms with Gasteiger partial charge in [0.15, 0.2) is 5.34 Å². The highest BCUT2D eigenvalue weighted by molar-refractivity contribution is 5.79. The van der Waals surface area contributed by atoms with Crippen molar-refractivity contribution in [2.45, 2.75) is 0 Å². The smallest absolute Gasteiger partial charge is 0.152 e. The van der Waals surface area contributed by atoms with E-state index in [1.807, 2.05) is 36.4 Å². The van der Waals surface area contributed by atoms with Crippen LogP contribution in [0.15, 0.2) is 41.7 Å². The first kappa shape index (κ1) is 9.91. The zero-order valence-electron chi connectivity index (χ0n) is 7.29. The molecule has 2 aromatic rings. The average Bonchev–Trinajstić information content (AvgIpc) is 2.19. The van der Waals surface area contributed by atoms with Crippen LogP contribution in [0.3, 0.4) is 0 Å². The van der Waals surface area contributed by atoms with Crippen LogP contribution in [-0.2, 0) is 0 Å². The first-order chi connectivity index (χ1) is 6.77. The summed E-state index contributed by atoms with van der Waals surface area (Å²) in [7, 11) is 0. The maximum Gasteiger partial charge on any atom is 0.152 e. The molecule has 0 spiro atoms. The van der Waals surface area contributed by atoms with Gasteiger partial charge in [0.05, 0.1) is 5.52 Å². The van der Waals surface area contributed by atoms with E-state index in [4.69, 9.17) is 15.8 Å². The molecule has 0 fully saturated rings. The van der Waals surface area contributed by atoms with Crippen molar-refractivity contribution in [3.8, 4) is 0 Å². The van der Waals surface area contributed by atoms with E-state index in [0.29, 0.717) is 5.82 Å². The van der Waals surface area contributed by atoms with Crippen molar-refractivity contribution in [1.29, 1.82) is 0 Å². The van der Waals surface area contributed by atoms with Gasteiger partial charge in [-0.1, -0.05) is 18.2 Å². The normalized spacial score (nSPS) is 8.86. The number of rotatable bonds is 0. The Morgan fingerprint density at radius 1 is 1.21 bits per heavy atom. The number of fused-ring (bicyclic) bond motifs is 1. The third-order valence-corrected chi connectivity index (χ3v) is 1.62. The summed E-state index contributed by atoms with van der Waals surface area (Å²) in [6.45, 7) is 0. The summed E-state index contributed by atoms with van der Waals surface area (Å²) in [4.78, 5) is 12.3. The molecule has 0 aliphatic carbocycles. The summed E-state index contributed by atoms with van der Waals surface area (Å²) in [6, 6.07) is 11.7. The van der Waals surface area contributed by atoms with Crippen molar-refractivity contribution in [2.75, 3.05) is 5.73 Å². The van der Waals surface area contributed by atoms with E-state index in [9.17, 15) is 0 Å². The highest BCUT2D eigenvalue weighted by atomic mass is 16.6. The van der Waals surface area contributed by atoms with Crippen molar-refractivity contribution in [3.05, 3.63) is 41.3 Å². The molecule has 14 heavy (non-hydrogen) atoms. The minimum Gasteiger partial charge on any atom is -0.384 e. The van der Waals surface area contributed by atoms with Gasteiger partial charge in [0.25, 0.3) is 0 Å². The van der Waals surface area contributed by atoms with Crippen LogP contribution < -0.4 is 5.73 Å². The monoisotopic (exact) mass is 191 g/mol. The number of aromatic nitrogens is 1. The highest BCUT2D eigenvalue weighted by Crippen LogP contribution is 2.11. The molecule has 0 bridgehead atoms. The number of hydrogen-bond acceptors (Lipinski definition) is 4.